The molecule has 0 atom stereocenters. The molecule has 0 amide bonds. The van der Waals surface area contributed by atoms with Crippen molar-refractivity contribution in [1.82, 2.24) is 19.9 Å². The number of ether oxygens (including phenoxy) is 2. The number of benzene rings is 1. The minimum absolute atomic E-state index is 0.274. The molecule has 0 aliphatic carbocycles. The van der Waals surface area contributed by atoms with E-state index in [1.165, 1.54) is 12.8 Å². The Morgan fingerprint density at radius 1 is 1.15 bits per heavy atom. The number of nitrogens with one attached hydrogen (secondary N) is 2. The highest BCUT2D eigenvalue weighted by Crippen LogP contribution is 2.36. The molecule has 7 heteroatoms. The third kappa shape index (κ3) is 2.84. The van der Waals surface area contributed by atoms with Crippen LogP contribution < -0.4 is 20.1 Å². The van der Waals surface area contributed by atoms with Crippen LogP contribution >= 0.6 is 0 Å². The number of piperidine rings is 1. The average Bonchev–Trinajstić information content (AvgIpc) is 3.33. The molecule has 2 aliphatic rings. The Bertz CT molecular complexity index is 933. The molecule has 4 heterocycles. The number of fused-ring (bicyclic) bond motifs is 2. The first-order chi connectivity index (χ1) is 12.9. The zero-order valence-electron chi connectivity index (χ0n) is 14.4. The molecular weight excluding hydrogens is 330 g/mol. The van der Waals surface area contributed by atoms with Crippen molar-refractivity contribution in [2.24, 2.45) is 5.92 Å². The fraction of sp³-hybridized carbons (Fsp3) is 0.368. The molecule has 0 saturated carbocycles. The van der Waals surface area contributed by atoms with Gasteiger partial charge in [0.25, 0.3) is 0 Å². The van der Waals surface area contributed by atoms with Crippen LogP contribution in [0.1, 0.15) is 12.8 Å². The molecule has 5 rings (SSSR count). The second kappa shape index (κ2) is 6.49. The smallest absolute Gasteiger partial charge is 0.231 e. The SMILES string of the molecule is c1cc2c(cc1-c1cnn3ccc(NCC4CCNCC4)nc13)OCO2. The summed E-state index contributed by atoms with van der Waals surface area (Å²) in [7, 11) is 0. The van der Waals surface area contributed by atoms with Gasteiger partial charge in [-0.3, -0.25) is 0 Å². The Balaban J connectivity index is 1.41. The van der Waals surface area contributed by atoms with E-state index in [9.17, 15) is 0 Å². The Kier molecular flexibility index (Phi) is 3.86. The fourth-order valence-electron chi connectivity index (χ4n) is 3.57. The molecule has 0 spiro atoms. The lowest BCUT2D eigenvalue weighted by Gasteiger charge is -2.22. The van der Waals surface area contributed by atoms with Gasteiger partial charge in [0.1, 0.15) is 5.82 Å². The van der Waals surface area contributed by atoms with E-state index < -0.39 is 0 Å². The Hall–Kier alpha value is -2.80. The number of anilines is 1. The maximum absolute atomic E-state index is 5.49. The molecule has 2 aliphatic heterocycles. The highest BCUT2D eigenvalue weighted by atomic mass is 16.7. The molecule has 2 N–H and O–H groups in total. The first-order valence-corrected chi connectivity index (χ1v) is 9.06. The Labute approximate surface area is 151 Å². The molecular formula is C19H21N5O2. The van der Waals surface area contributed by atoms with E-state index >= 15 is 0 Å². The molecule has 26 heavy (non-hydrogen) atoms. The second-order valence-corrected chi connectivity index (χ2v) is 6.78. The third-order valence-electron chi connectivity index (χ3n) is 5.08. The van der Waals surface area contributed by atoms with Crippen LogP contribution in [0.4, 0.5) is 5.82 Å². The lowest BCUT2D eigenvalue weighted by atomic mass is 9.98. The number of aromatic nitrogens is 3. The summed E-state index contributed by atoms with van der Waals surface area (Å²) in [6, 6.07) is 7.91. The van der Waals surface area contributed by atoms with Crippen LogP contribution in [0.2, 0.25) is 0 Å². The van der Waals surface area contributed by atoms with E-state index in [4.69, 9.17) is 14.5 Å². The molecule has 2 aromatic heterocycles. The van der Waals surface area contributed by atoms with Crippen molar-refractivity contribution >= 4 is 11.5 Å². The van der Waals surface area contributed by atoms with Gasteiger partial charge in [0, 0.05) is 18.3 Å². The maximum atomic E-state index is 5.49. The van der Waals surface area contributed by atoms with Gasteiger partial charge in [0.05, 0.1) is 6.20 Å². The van der Waals surface area contributed by atoms with Gasteiger partial charge < -0.3 is 20.1 Å². The number of rotatable bonds is 4. The van der Waals surface area contributed by atoms with Crippen molar-refractivity contribution < 1.29 is 9.47 Å². The summed E-state index contributed by atoms with van der Waals surface area (Å²) in [6.45, 7) is 3.44. The number of nitrogens with zero attached hydrogens (tertiary/aromatic N) is 3. The normalized spacial score (nSPS) is 16.9. The van der Waals surface area contributed by atoms with E-state index in [0.717, 1.165) is 53.7 Å². The van der Waals surface area contributed by atoms with Crippen LogP contribution in [0.5, 0.6) is 11.5 Å². The molecule has 0 unspecified atom stereocenters. The van der Waals surface area contributed by atoms with Crippen molar-refractivity contribution in [3.8, 4) is 22.6 Å². The summed E-state index contributed by atoms with van der Waals surface area (Å²) in [5.74, 6) is 3.13. The van der Waals surface area contributed by atoms with Crippen molar-refractivity contribution in [1.29, 1.82) is 0 Å². The Morgan fingerprint density at radius 2 is 2.04 bits per heavy atom. The summed E-state index contributed by atoms with van der Waals surface area (Å²) in [5, 5.41) is 11.3. The van der Waals surface area contributed by atoms with Crippen LogP contribution in [-0.4, -0.2) is 41.0 Å². The molecule has 1 saturated heterocycles. The average molecular weight is 351 g/mol. The predicted molar refractivity (Wildman–Crippen MR) is 98.6 cm³/mol. The maximum Gasteiger partial charge on any atom is 0.231 e. The molecule has 0 bridgehead atoms. The first-order valence-electron chi connectivity index (χ1n) is 9.06. The summed E-state index contributed by atoms with van der Waals surface area (Å²) in [4.78, 5) is 4.79. The van der Waals surface area contributed by atoms with Gasteiger partial charge in [-0.15, -0.1) is 0 Å². The fourth-order valence-corrected chi connectivity index (χ4v) is 3.57. The van der Waals surface area contributed by atoms with Crippen LogP contribution in [0.3, 0.4) is 0 Å². The highest BCUT2D eigenvalue weighted by Gasteiger charge is 2.17. The molecule has 1 aromatic carbocycles. The van der Waals surface area contributed by atoms with Gasteiger partial charge in [-0.05, 0) is 55.6 Å². The summed E-state index contributed by atoms with van der Waals surface area (Å²) < 4.78 is 12.7. The Morgan fingerprint density at radius 3 is 2.96 bits per heavy atom. The summed E-state index contributed by atoms with van der Waals surface area (Å²) in [6.07, 6.45) is 6.22. The van der Waals surface area contributed by atoms with Crippen LogP contribution in [0.25, 0.3) is 16.8 Å². The van der Waals surface area contributed by atoms with Crippen LogP contribution in [0, 0.1) is 5.92 Å². The van der Waals surface area contributed by atoms with E-state index in [0.29, 0.717) is 5.92 Å². The zero-order valence-corrected chi connectivity index (χ0v) is 14.4. The van der Waals surface area contributed by atoms with E-state index in [-0.39, 0.29) is 6.79 Å². The van der Waals surface area contributed by atoms with E-state index in [2.05, 4.69) is 15.7 Å². The number of hydrogen-bond acceptors (Lipinski definition) is 6. The van der Waals surface area contributed by atoms with Gasteiger partial charge in [-0.1, -0.05) is 6.07 Å². The second-order valence-electron chi connectivity index (χ2n) is 6.78. The monoisotopic (exact) mass is 351 g/mol. The van der Waals surface area contributed by atoms with Crippen molar-refractivity contribution in [3.63, 3.8) is 0 Å². The van der Waals surface area contributed by atoms with Gasteiger partial charge in [0.2, 0.25) is 6.79 Å². The minimum atomic E-state index is 0.274. The standard InChI is InChI=1S/C19H21N5O2/c1-2-16-17(26-12-25-16)9-14(1)15-11-22-24-8-5-18(23-19(15)24)21-10-13-3-6-20-7-4-13/h1-2,5,8-9,11,13,20H,3-4,6-7,10,12H2,(H,21,23). The van der Waals surface area contributed by atoms with E-state index in [1.807, 2.05) is 36.7 Å². The third-order valence-corrected chi connectivity index (χ3v) is 5.08. The van der Waals surface area contributed by atoms with Gasteiger partial charge in [0.15, 0.2) is 17.1 Å². The zero-order chi connectivity index (χ0) is 17.3. The lowest BCUT2D eigenvalue weighted by Crippen LogP contribution is -2.31. The molecule has 3 aromatic rings. The lowest BCUT2D eigenvalue weighted by molar-refractivity contribution is 0.174. The van der Waals surface area contributed by atoms with Crippen molar-refractivity contribution in [3.05, 3.63) is 36.7 Å². The van der Waals surface area contributed by atoms with E-state index in [1.54, 1.807) is 4.52 Å². The molecule has 0 radical (unpaired) electrons. The largest absolute Gasteiger partial charge is 0.454 e. The van der Waals surface area contributed by atoms with Crippen molar-refractivity contribution in [2.45, 2.75) is 12.8 Å². The number of hydrogen-bond donors (Lipinski definition) is 2. The molecule has 134 valence electrons. The van der Waals surface area contributed by atoms with Gasteiger partial charge >= 0.3 is 0 Å². The van der Waals surface area contributed by atoms with Crippen LogP contribution in [0.15, 0.2) is 36.7 Å². The topological polar surface area (TPSA) is 72.7 Å². The quantitative estimate of drug-likeness (QED) is 0.753. The minimum Gasteiger partial charge on any atom is -0.454 e. The molecule has 1 fully saturated rings. The van der Waals surface area contributed by atoms with Crippen LogP contribution in [-0.2, 0) is 0 Å². The predicted octanol–water partition coefficient (Wildman–Crippen LogP) is 2.54. The summed E-state index contributed by atoms with van der Waals surface area (Å²) >= 11 is 0. The first kappa shape index (κ1) is 15.5. The highest BCUT2D eigenvalue weighted by molar-refractivity contribution is 5.79. The summed E-state index contributed by atoms with van der Waals surface area (Å²) in [5.41, 5.74) is 2.83. The van der Waals surface area contributed by atoms with Gasteiger partial charge in [-0.2, -0.15) is 5.10 Å². The molecule has 7 nitrogen and oxygen atoms in total. The van der Waals surface area contributed by atoms with Gasteiger partial charge in [-0.25, -0.2) is 9.50 Å². The van der Waals surface area contributed by atoms with Crippen molar-refractivity contribution in [2.75, 3.05) is 31.7 Å².